The minimum absolute atomic E-state index is 0. The third-order valence-corrected chi connectivity index (χ3v) is 0.985. The SMILES string of the molecule is Clc1ccccc1.[Cl-]. The van der Waals surface area contributed by atoms with E-state index in [1.807, 2.05) is 30.3 Å². The van der Waals surface area contributed by atoms with E-state index in [0.29, 0.717) is 0 Å². The molecule has 0 aliphatic heterocycles. The van der Waals surface area contributed by atoms with Crippen LogP contribution in [0.3, 0.4) is 0 Å². The highest BCUT2D eigenvalue weighted by Crippen LogP contribution is 2.03. The molecule has 44 valence electrons. The number of rotatable bonds is 0. The van der Waals surface area contributed by atoms with Gasteiger partial charge in [0.2, 0.25) is 0 Å². The van der Waals surface area contributed by atoms with Crippen LogP contribution in [-0.2, 0) is 0 Å². The smallest absolute Gasteiger partial charge is 0.0405 e. The zero-order valence-corrected chi connectivity index (χ0v) is 5.65. The lowest BCUT2D eigenvalue weighted by atomic mass is 10.4. The van der Waals surface area contributed by atoms with Gasteiger partial charge in [0.05, 0.1) is 0 Å². The predicted molar refractivity (Wildman–Crippen MR) is 31.5 cm³/mol. The minimum atomic E-state index is 0. The Hall–Kier alpha value is -0.200. The molecule has 0 fully saturated rings. The van der Waals surface area contributed by atoms with Gasteiger partial charge in [-0.15, -0.1) is 0 Å². The van der Waals surface area contributed by atoms with Crippen molar-refractivity contribution in [3.8, 4) is 0 Å². The highest BCUT2D eigenvalue weighted by atomic mass is 35.5. The first kappa shape index (κ1) is 7.80. The van der Waals surface area contributed by atoms with E-state index in [9.17, 15) is 0 Å². The second-order valence-electron chi connectivity index (χ2n) is 1.30. The molecule has 0 N–H and O–H groups in total. The topological polar surface area (TPSA) is 0 Å². The van der Waals surface area contributed by atoms with E-state index in [-0.39, 0.29) is 12.4 Å². The number of halogens is 2. The van der Waals surface area contributed by atoms with Crippen molar-refractivity contribution in [3.05, 3.63) is 35.4 Å². The Morgan fingerprint density at radius 3 is 1.75 bits per heavy atom. The first-order valence-corrected chi connectivity index (χ1v) is 2.48. The lowest BCUT2D eigenvalue weighted by Crippen LogP contribution is -3.00. The van der Waals surface area contributed by atoms with Crippen LogP contribution in [0.1, 0.15) is 0 Å². The van der Waals surface area contributed by atoms with Crippen LogP contribution >= 0.6 is 11.6 Å². The Labute approximate surface area is 59.9 Å². The largest absolute Gasteiger partial charge is 1.00 e. The van der Waals surface area contributed by atoms with Crippen molar-refractivity contribution >= 4 is 11.6 Å². The lowest BCUT2D eigenvalue weighted by molar-refractivity contribution is -0.00000131. The van der Waals surface area contributed by atoms with Gasteiger partial charge in [0, 0.05) is 5.02 Å². The highest BCUT2D eigenvalue weighted by Gasteiger charge is 1.74. The van der Waals surface area contributed by atoms with Crippen LogP contribution in [0.2, 0.25) is 5.02 Å². The second kappa shape index (κ2) is 3.76. The molecule has 0 heterocycles. The molecule has 0 amide bonds. The van der Waals surface area contributed by atoms with E-state index in [0.717, 1.165) is 5.02 Å². The summed E-state index contributed by atoms with van der Waals surface area (Å²) < 4.78 is 0. The predicted octanol–water partition coefficient (Wildman–Crippen LogP) is -0.656. The zero-order valence-electron chi connectivity index (χ0n) is 4.14. The van der Waals surface area contributed by atoms with Gasteiger partial charge in [-0.25, -0.2) is 0 Å². The molecule has 1 rings (SSSR count). The summed E-state index contributed by atoms with van der Waals surface area (Å²) in [7, 11) is 0. The van der Waals surface area contributed by atoms with Gasteiger partial charge in [-0.1, -0.05) is 29.8 Å². The molecule has 0 unspecified atom stereocenters. The van der Waals surface area contributed by atoms with Crippen LogP contribution in [0, 0.1) is 0 Å². The van der Waals surface area contributed by atoms with Gasteiger partial charge in [-0.2, -0.15) is 0 Å². The van der Waals surface area contributed by atoms with Crippen molar-refractivity contribution < 1.29 is 12.4 Å². The first-order valence-electron chi connectivity index (χ1n) is 2.10. The average molecular weight is 148 g/mol. The molecule has 0 nitrogen and oxygen atoms in total. The molecule has 0 bridgehead atoms. The summed E-state index contributed by atoms with van der Waals surface area (Å²) in [6.07, 6.45) is 0. The summed E-state index contributed by atoms with van der Waals surface area (Å²) in [5.74, 6) is 0. The van der Waals surface area contributed by atoms with Crippen molar-refractivity contribution in [3.63, 3.8) is 0 Å². The molecular weight excluding hydrogens is 143 g/mol. The standard InChI is InChI=1S/C6H5Cl.ClH/c7-6-4-2-1-3-5-6;/h1-5H;1H/p-1. The van der Waals surface area contributed by atoms with E-state index >= 15 is 0 Å². The fourth-order valence-electron chi connectivity index (χ4n) is 0.415. The fourth-order valence-corrected chi connectivity index (χ4v) is 0.560. The molecule has 0 radical (unpaired) electrons. The Morgan fingerprint density at radius 2 is 1.50 bits per heavy atom. The van der Waals surface area contributed by atoms with Gasteiger partial charge in [0.1, 0.15) is 0 Å². The van der Waals surface area contributed by atoms with Gasteiger partial charge in [-0.3, -0.25) is 0 Å². The second-order valence-corrected chi connectivity index (χ2v) is 1.73. The molecule has 1 aromatic rings. The van der Waals surface area contributed by atoms with Crippen molar-refractivity contribution in [1.29, 1.82) is 0 Å². The van der Waals surface area contributed by atoms with Crippen LogP contribution in [0.4, 0.5) is 0 Å². The van der Waals surface area contributed by atoms with Crippen LogP contribution < -0.4 is 12.4 Å². The van der Waals surface area contributed by atoms with Gasteiger partial charge in [-0.05, 0) is 12.1 Å². The lowest BCUT2D eigenvalue weighted by Gasteiger charge is -1.80. The molecule has 1 aromatic carbocycles. The van der Waals surface area contributed by atoms with Gasteiger partial charge < -0.3 is 12.4 Å². The van der Waals surface area contributed by atoms with Crippen LogP contribution in [0.25, 0.3) is 0 Å². The van der Waals surface area contributed by atoms with Gasteiger partial charge in [0.25, 0.3) is 0 Å². The molecule has 0 aromatic heterocycles. The first-order chi connectivity index (χ1) is 3.39. The molecular formula is C6H5Cl2-. The van der Waals surface area contributed by atoms with E-state index in [1.165, 1.54) is 0 Å². The molecule has 0 saturated heterocycles. The summed E-state index contributed by atoms with van der Waals surface area (Å²) in [6, 6.07) is 9.44. The third kappa shape index (κ3) is 2.20. The summed E-state index contributed by atoms with van der Waals surface area (Å²) >= 11 is 5.54. The number of benzene rings is 1. The third-order valence-electron chi connectivity index (χ3n) is 0.733. The Kier molecular flexibility index (Phi) is 3.67. The molecule has 0 spiro atoms. The summed E-state index contributed by atoms with van der Waals surface area (Å²) in [5.41, 5.74) is 0. The minimum Gasteiger partial charge on any atom is -1.00 e. The monoisotopic (exact) mass is 147 g/mol. The van der Waals surface area contributed by atoms with E-state index in [1.54, 1.807) is 0 Å². The maximum atomic E-state index is 5.54. The van der Waals surface area contributed by atoms with Crippen LogP contribution in [0.5, 0.6) is 0 Å². The average Bonchev–Trinajstić information content (AvgIpc) is 1.69. The fraction of sp³-hybridized carbons (Fsp3) is 0. The van der Waals surface area contributed by atoms with Crippen LogP contribution in [0.15, 0.2) is 30.3 Å². The quantitative estimate of drug-likeness (QED) is 0.458. The van der Waals surface area contributed by atoms with Gasteiger partial charge >= 0.3 is 0 Å². The van der Waals surface area contributed by atoms with Gasteiger partial charge in [0.15, 0.2) is 0 Å². The number of hydrogen-bond donors (Lipinski definition) is 0. The van der Waals surface area contributed by atoms with E-state index in [2.05, 4.69) is 0 Å². The van der Waals surface area contributed by atoms with E-state index < -0.39 is 0 Å². The maximum Gasteiger partial charge on any atom is 0.0405 e. The van der Waals surface area contributed by atoms with Crippen molar-refractivity contribution in [1.82, 2.24) is 0 Å². The zero-order chi connectivity index (χ0) is 5.11. The number of hydrogen-bond acceptors (Lipinski definition) is 0. The Balaban J connectivity index is 0.000000490. The molecule has 2 heteroatoms. The molecule has 8 heavy (non-hydrogen) atoms. The molecule has 0 aliphatic rings. The van der Waals surface area contributed by atoms with E-state index in [4.69, 9.17) is 11.6 Å². The summed E-state index contributed by atoms with van der Waals surface area (Å²) in [4.78, 5) is 0. The Morgan fingerprint density at radius 1 is 1.00 bits per heavy atom. The maximum absolute atomic E-state index is 5.54. The molecule has 0 aliphatic carbocycles. The molecule has 0 saturated carbocycles. The van der Waals surface area contributed by atoms with Crippen molar-refractivity contribution in [2.75, 3.05) is 0 Å². The van der Waals surface area contributed by atoms with Crippen LogP contribution in [-0.4, -0.2) is 0 Å². The van der Waals surface area contributed by atoms with Crippen molar-refractivity contribution in [2.24, 2.45) is 0 Å². The van der Waals surface area contributed by atoms with Crippen molar-refractivity contribution in [2.45, 2.75) is 0 Å². The highest BCUT2D eigenvalue weighted by molar-refractivity contribution is 6.30. The summed E-state index contributed by atoms with van der Waals surface area (Å²) in [6.45, 7) is 0. The summed E-state index contributed by atoms with van der Waals surface area (Å²) in [5, 5.41) is 0.794. The Bertz CT molecular complexity index is 136. The molecule has 0 atom stereocenters. The normalized spacial score (nSPS) is 7.62.